The minimum Gasteiger partial charge on any atom is -0.496 e. The molecule has 11 heteroatoms. The Labute approximate surface area is 210 Å². The molecule has 5 rings (SSSR count). The van der Waals surface area contributed by atoms with E-state index in [4.69, 9.17) is 4.74 Å². The molecular weight excluding hydrogens is 478 g/mol. The Morgan fingerprint density at radius 1 is 1.11 bits per heavy atom. The van der Waals surface area contributed by atoms with Gasteiger partial charge in [-0.25, -0.2) is 9.97 Å². The molecule has 180 valence electrons. The number of nitrogens with one attached hydrogen (secondary N) is 2. The number of aromatic nitrogens is 4. The Bertz CT molecular complexity index is 1540. The van der Waals surface area contributed by atoms with E-state index in [1.807, 2.05) is 6.92 Å². The van der Waals surface area contributed by atoms with Crippen LogP contribution in [0.15, 0.2) is 36.7 Å². The molecule has 1 aliphatic carbocycles. The highest BCUT2D eigenvalue weighted by atomic mass is 32.1. The summed E-state index contributed by atoms with van der Waals surface area (Å²) in [5.41, 5.74) is 2.98. The van der Waals surface area contributed by atoms with Crippen LogP contribution in [0.2, 0.25) is 0 Å². The molecule has 0 unspecified atom stereocenters. The highest BCUT2D eigenvalue weighted by molar-refractivity contribution is 7.21. The van der Waals surface area contributed by atoms with Crippen LogP contribution < -0.4 is 15.4 Å². The van der Waals surface area contributed by atoms with Crippen molar-refractivity contribution in [1.29, 1.82) is 5.26 Å². The first-order chi connectivity index (χ1) is 17.4. The lowest BCUT2D eigenvalue weighted by Crippen LogP contribution is -2.28. The number of hydrogen-bond acceptors (Lipinski definition) is 9. The maximum Gasteiger partial charge on any atom is 0.259 e. The lowest BCUT2D eigenvalue weighted by Gasteiger charge is -2.23. The van der Waals surface area contributed by atoms with Gasteiger partial charge in [-0.15, -0.1) is 0 Å². The monoisotopic (exact) mass is 499 g/mol. The summed E-state index contributed by atoms with van der Waals surface area (Å²) in [6.07, 6.45) is 5.79. The van der Waals surface area contributed by atoms with Gasteiger partial charge in [0.2, 0.25) is 5.91 Å². The Balaban J connectivity index is 1.42. The Morgan fingerprint density at radius 2 is 1.94 bits per heavy atom. The highest BCUT2D eigenvalue weighted by Gasteiger charge is 2.26. The average Bonchev–Trinajstić information content (AvgIpc) is 3.23. The molecule has 36 heavy (non-hydrogen) atoms. The van der Waals surface area contributed by atoms with Crippen LogP contribution in [0.5, 0.6) is 5.75 Å². The number of nitrogens with zero attached hydrogens (tertiary/aromatic N) is 5. The van der Waals surface area contributed by atoms with Crippen molar-refractivity contribution in [1.82, 2.24) is 19.9 Å². The summed E-state index contributed by atoms with van der Waals surface area (Å²) in [4.78, 5) is 43.3. The predicted molar refractivity (Wildman–Crippen MR) is 135 cm³/mol. The molecular formula is C25H21N7O3S. The van der Waals surface area contributed by atoms with Crippen LogP contribution in [0, 0.1) is 24.2 Å². The van der Waals surface area contributed by atoms with Gasteiger partial charge < -0.3 is 10.1 Å². The van der Waals surface area contributed by atoms with E-state index in [9.17, 15) is 14.9 Å². The number of rotatable bonds is 6. The summed E-state index contributed by atoms with van der Waals surface area (Å²) in [5.74, 6) is 0.431. The number of anilines is 2. The highest BCUT2D eigenvalue weighted by Crippen LogP contribution is 2.34. The lowest BCUT2D eigenvalue weighted by atomic mass is 9.85. The summed E-state index contributed by atoms with van der Waals surface area (Å²) in [7, 11) is 1.53. The van der Waals surface area contributed by atoms with Gasteiger partial charge in [-0.05, 0) is 44.0 Å². The standard InChI is InChI=1S/C25H21N7O3S/c1-13-8-16(17-9-14(10-26)6-7-19(17)35-2)18(11-27-13)23(34)32-25-31-21-24(36-25)30-20(12-28-21)29-22(33)15-4-3-5-15/h6-9,11-12,15H,3-5H2,1-2H3,(H,29,30,33)(H,28,31,32,34). The van der Waals surface area contributed by atoms with Crippen LogP contribution in [0.4, 0.5) is 10.9 Å². The Morgan fingerprint density at radius 3 is 2.67 bits per heavy atom. The largest absolute Gasteiger partial charge is 0.496 e. The molecule has 1 aromatic carbocycles. The summed E-state index contributed by atoms with van der Waals surface area (Å²) in [6, 6.07) is 8.91. The zero-order valence-corrected chi connectivity index (χ0v) is 20.3. The van der Waals surface area contributed by atoms with Crippen LogP contribution in [0.3, 0.4) is 0 Å². The molecule has 4 aromatic rings. The molecule has 0 aliphatic heterocycles. The van der Waals surface area contributed by atoms with Gasteiger partial charge in [-0.2, -0.15) is 10.2 Å². The molecule has 1 aliphatic rings. The molecule has 0 bridgehead atoms. The third-order valence-corrected chi connectivity index (χ3v) is 6.83. The molecule has 2 N–H and O–H groups in total. The van der Waals surface area contributed by atoms with Gasteiger partial charge >= 0.3 is 0 Å². The molecule has 10 nitrogen and oxygen atoms in total. The number of pyridine rings is 1. The van der Waals surface area contributed by atoms with Crippen molar-refractivity contribution in [2.24, 2.45) is 5.92 Å². The fraction of sp³-hybridized carbons (Fsp3) is 0.240. The molecule has 1 saturated carbocycles. The SMILES string of the molecule is COc1ccc(C#N)cc1-c1cc(C)ncc1C(=O)Nc1nc2ncc(NC(=O)C3CCC3)nc2s1. The minimum absolute atomic E-state index is 0.0311. The first kappa shape index (κ1) is 23.3. The number of nitriles is 1. The van der Waals surface area contributed by atoms with E-state index in [0.717, 1.165) is 30.6 Å². The number of aryl methyl sites for hydroxylation is 1. The minimum atomic E-state index is -0.431. The van der Waals surface area contributed by atoms with E-state index >= 15 is 0 Å². The normalized spacial score (nSPS) is 13.0. The summed E-state index contributed by atoms with van der Waals surface area (Å²) in [5, 5.41) is 15.3. The number of methoxy groups -OCH3 is 1. The van der Waals surface area contributed by atoms with Crippen LogP contribution in [0.25, 0.3) is 21.6 Å². The second kappa shape index (κ2) is 9.67. The van der Waals surface area contributed by atoms with E-state index < -0.39 is 5.91 Å². The van der Waals surface area contributed by atoms with Crippen LogP contribution in [0.1, 0.15) is 40.9 Å². The van der Waals surface area contributed by atoms with Crippen LogP contribution >= 0.6 is 11.3 Å². The zero-order valence-electron chi connectivity index (χ0n) is 19.5. The maximum absolute atomic E-state index is 13.3. The van der Waals surface area contributed by atoms with Crippen molar-refractivity contribution in [3.05, 3.63) is 53.5 Å². The van der Waals surface area contributed by atoms with Crippen molar-refractivity contribution in [3.63, 3.8) is 0 Å². The maximum atomic E-state index is 13.3. The number of carbonyl (C=O) groups excluding carboxylic acids is 2. The number of fused-ring (bicyclic) bond motifs is 1. The van der Waals surface area contributed by atoms with E-state index in [2.05, 4.69) is 36.6 Å². The molecule has 3 heterocycles. The number of carbonyl (C=O) groups is 2. The van der Waals surface area contributed by atoms with E-state index in [1.165, 1.54) is 19.5 Å². The number of amides is 2. The van der Waals surface area contributed by atoms with Gasteiger partial charge in [0.1, 0.15) is 5.75 Å². The van der Waals surface area contributed by atoms with Crippen LogP contribution in [-0.2, 0) is 4.79 Å². The first-order valence-electron chi connectivity index (χ1n) is 11.3. The zero-order chi connectivity index (χ0) is 25.2. The Kier molecular flexibility index (Phi) is 6.26. The fourth-order valence-electron chi connectivity index (χ4n) is 3.85. The fourth-order valence-corrected chi connectivity index (χ4v) is 4.64. The molecule has 1 fully saturated rings. The predicted octanol–water partition coefficient (Wildman–Crippen LogP) is 4.33. The van der Waals surface area contributed by atoms with E-state index in [0.29, 0.717) is 55.1 Å². The van der Waals surface area contributed by atoms with Crippen molar-refractivity contribution in [2.45, 2.75) is 26.2 Å². The summed E-state index contributed by atoms with van der Waals surface area (Å²) >= 11 is 1.15. The Hall–Kier alpha value is -4.43. The smallest absolute Gasteiger partial charge is 0.259 e. The van der Waals surface area contributed by atoms with Crippen molar-refractivity contribution in [2.75, 3.05) is 17.7 Å². The van der Waals surface area contributed by atoms with Gasteiger partial charge in [-0.1, -0.05) is 17.8 Å². The van der Waals surface area contributed by atoms with Gasteiger partial charge in [0, 0.05) is 28.9 Å². The summed E-state index contributed by atoms with van der Waals surface area (Å²) < 4.78 is 5.48. The van der Waals surface area contributed by atoms with Gasteiger partial charge in [-0.3, -0.25) is 19.9 Å². The van der Waals surface area contributed by atoms with E-state index in [-0.39, 0.29) is 11.8 Å². The van der Waals surface area contributed by atoms with Crippen LogP contribution in [-0.4, -0.2) is 38.9 Å². The van der Waals surface area contributed by atoms with E-state index in [1.54, 1.807) is 24.3 Å². The summed E-state index contributed by atoms with van der Waals surface area (Å²) in [6.45, 7) is 1.82. The lowest BCUT2D eigenvalue weighted by molar-refractivity contribution is -0.122. The third kappa shape index (κ3) is 4.58. The topological polar surface area (TPSA) is 143 Å². The molecule has 2 amide bonds. The molecule has 0 spiro atoms. The quantitative estimate of drug-likeness (QED) is 0.399. The number of hydrogen-bond donors (Lipinski definition) is 2. The first-order valence-corrected chi connectivity index (χ1v) is 12.1. The van der Waals surface area contributed by atoms with Crippen molar-refractivity contribution >= 4 is 44.6 Å². The number of benzene rings is 1. The van der Waals surface area contributed by atoms with Crippen molar-refractivity contribution < 1.29 is 14.3 Å². The van der Waals surface area contributed by atoms with Crippen molar-refractivity contribution in [3.8, 4) is 22.9 Å². The van der Waals surface area contributed by atoms with Gasteiger partial charge in [0.25, 0.3) is 5.91 Å². The van der Waals surface area contributed by atoms with Gasteiger partial charge in [0.15, 0.2) is 21.4 Å². The molecule has 0 saturated heterocycles. The van der Waals surface area contributed by atoms with Gasteiger partial charge in [0.05, 0.1) is 30.5 Å². The number of ether oxygens (including phenoxy) is 1. The molecule has 3 aromatic heterocycles. The molecule has 0 atom stereocenters. The second-order valence-corrected chi connectivity index (χ2v) is 9.35. The average molecular weight is 500 g/mol. The molecule has 0 radical (unpaired) electrons. The third-order valence-electron chi connectivity index (χ3n) is 5.97. The second-order valence-electron chi connectivity index (χ2n) is 8.37. The number of thiazole rings is 1.